The smallest absolute Gasteiger partial charge is 0.163 e. The Morgan fingerprint density at radius 1 is 1.27 bits per heavy atom. The third-order valence-electron chi connectivity index (χ3n) is 2.67. The minimum atomic E-state index is -0.788. The largest absolute Gasteiger partial charge is 0.308 e. The molecule has 0 bridgehead atoms. The highest BCUT2D eigenvalue weighted by Crippen LogP contribution is 2.13. The van der Waals surface area contributed by atoms with Crippen LogP contribution in [0.4, 0.5) is 8.78 Å². The molecule has 0 unspecified atom stereocenters. The van der Waals surface area contributed by atoms with E-state index < -0.39 is 11.6 Å². The maximum absolute atomic E-state index is 13.3. The molecule has 1 aromatic rings. The zero-order valence-corrected chi connectivity index (χ0v) is 9.40. The molecule has 1 aromatic carbocycles. The number of rotatable bonds is 4. The van der Waals surface area contributed by atoms with Crippen LogP contribution >= 0.6 is 0 Å². The van der Waals surface area contributed by atoms with E-state index in [0.717, 1.165) is 12.5 Å². The fourth-order valence-electron chi connectivity index (χ4n) is 1.14. The number of hydrogen-bond donors (Lipinski definition) is 1. The van der Waals surface area contributed by atoms with Gasteiger partial charge in [-0.15, -0.1) is 0 Å². The zero-order valence-electron chi connectivity index (χ0n) is 9.40. The van der Waals surface area contributed by atoms with Crippen LogP contribution < -0.4 is 5.32 Å². The Morgan fingerprint density at radius 3 is 2.53 bits per heavy atom. The van der Waals surface area contributed by atoms with Gasteiger partial charge in [0.05, 0.1) is 0 Å². The molecule has 0 amide bonds. The van der Waals surface area contributed by atoms with Crippen LogP contribution in [0.3, 0.4) is 0 Å². The van der Waals surface area contributed by atoms with E-state index in [2.05, 4.69) is 12.2 Å². The van der Waals surface area contributed by atoms with E-state index in [1.54, 1.807) is 6.07 Å². The van der Waals surface area contributed by atoms with Crippen molar-refractivity contribution in [3.05, 3.63) is 35.4 Å². The average Bonchev–Trinajstić information content (AvgIpc) is 2.20. The van der Waals surface area contributed by atoms with Crippen LogP contribution in [-0.2, 0) is 6.54 Å². The number of hydrogen-bond acceptors (Lipinski definition) is 1. The van der Waals surface area contributed by atoms with Gasteiger partial charge in [0.25, 0.3) is 0 Å². The van der Waals surface area contributed by atoms with Gasteiger partial charge in [-0.25, -0.2) is 8.78 Å². The second-order valence-corrected chi connectivity index (χ2v) is 4.30. The summed E-state index contributed by atoms with van der Waals surface area (Å²) in [4.78, 5) is 0. The molecule has 0 aliphatic rings. The molecule has 0 saturated heterocycles. The summed E-state index contributed by atoms with van der Waals surface area (Å²) in [5, 5.41) is 3.19. The Balaban J connectivity index is 2.70. The second kappa shape index (κ2) is 4.71. The molecule has 1 rings (SSSR count). The maximum Gasteiger partial charge on any atom is 0.163 e. The lowest BCUT2D eigenvalue weighted by atomic mass is 10.0. The van der Waals surface area contributed by atoms with Crippen molar-refractivity contribution in [1.29, 1.82) is 0 Å². The van der Waals surface area contributed by atoms with E-state index >= 15 is 0 Å². The Labute approximate surface area is 89.5 Å². The Kier molecular flexibility index (Phi) is 3.80. The van der Waals surface area contributed by atoms with Gasteiger partial charge < -0.3 is 5.32 Å². The van der Waals surface area contributed by atoms with Gasteiger partial charge in [0, 0.05) is 17.6 Å². The Bertz CT molecular complexity index is 334. The van der Waals surface area contributed by atoms with Crippen LogP contribution in [0.1, 0.15) is 32.8 Å². The van der Waals surface area contributed by atoms with E-state index in [9.17, 15) is 8.78 Å². The minimum Gasteiger partial charge on any atom is -0.308 e. The van der Waals surface area contributed by atoms with E-state index in [4.69, 9.17) is 0 Å². The summed E-state index contributed by atoms with van der Waals surface area (Å²) in [6, 6.07) is 4.25. The minimum absolute atomic E-state index is 0.0568. The normalized spacial score (nSPS) is 11.8. The number of nitrogens with one attached hydrogen (secondary N) is 1. The lowest BCUT2D eigenvalue weighted by molar-refractivity contribution is 0.368. The summed E-state index contributed by atoms with van der Waals surface area (Å²) < 4.78 is 26.1. The molecule has 0 saturated carbocycles. The highest BCUT2D eigenvalue weighted by molar-refractivity contribution is 5.18. The first kappa shape index (κ1) is 12.1. The van der Waals surface area contributed by atoms with Crippen molar-refractivity contribution >= 4 is 0 Å². The third kappa shape index (κ3) is 3.27. The van der Waals surface area contributed by atoms with Crippen LogP contribution in [0.15, 0.2) is 18.2 Å². The van der Waals surface area contributed by atoms with Crippen molar-refractivity contribution in [3.8, 4) is 0 Å². The third-order valence-corrected chi connectivity index (χ3v) is 2.67. The molecule has 0 radical (unpaired) electrons. The molecule has 0 aliphatic carbocycles. The van der Waals surface area contributed by atoms with Crippen molar-refractivity contribution in [2.24, 2.45) is 0 Å². The van der Waals surface area contributed by atoms with Gasteiger partial charge in [0.2, 0.25) is 0 Å². The van der Waals surface area contributed by atoms with Gasteiger partial charge in [-0.05, 0) is 26.3 Å². The van der Waals surface area contributed by atoms with Crippen molar-refractivity contribution in [2.45, 2.75) is 39.3 Å². The summed E-state index contributed by atoms with van der Waals surface area (Å²) in [6.07, 6.45) is 0.934. The van der Waals surface area contributed by atoms with E-state index in [-0.39, 0.29) is 5.54 Å². The van der Waals surface area contributed by atoms with Gasteiger partial charge >= 0.3 is 0 Å². The average molecular weight is 213 g/mol. The first-order chi connectivity index (χ1) is 6.96. The van der Waals surface area contributed by atoms with Crippen LogP contribution in [-0.4, -0.2) is 5.54 Å². The highest BCUT2D eigenvalue weighted by Gasteiger charge is 2.15. The molecule has 1 N–H and O–H groups in total. The van der Waals surface area contributed by atoms with Crippen molar-refractivity contribution in [3.63, 3.8) is 0 Å². The van der Waals surface area contributed by atoms with E-state index in [0.29, 0.717) is 12.1 Å². The second-order valence-electron chi connectivity index (χ2n) is 4.30. The molecule has 0 heterocycles. The molecule has 84 valence electrons. The number of benzene rings is 1. The molecule has 3 heteroatoms. The quantitative estimate of drug-likeness (QED) is 0.809. The van der Waals surface area contributed by atoms with Crippen molar-refractivity contribution in [2.75, 3.05) is 0 Å². The summed E-state index contributed by atoms with van der Waals surface area (Å²) in [5.74, 6) is -1.54. The fourth-order valence-corrected chi connectivity index (χ4v) is 1.14. The summed E-state index contributed by atoms with van der Waals surface area (Å²) >= 11 is 0. The molecule has 0 spiro atoms. The molecule has 0 atom stereocenters. The first-order valence-corrected chi connectivity index (χ1v) is 5.14. The SMILES string of the molecule is CCC(C)(C)NCc1cccc(F)c1F. The molecular weight excluding hydrogens is 196 g/mol. The summed E-state index contributed by atoms with van der Waals surface area (Å²) in [6.45, 7) is 6.47. The summed E-state index contributed by atoms with van der Waals surface area (Å²) in [7, 11) is 0. The molecule has 15 heavy (non-hydrogen) atoms. The molecule has 1 nitrogen and oxygen atoms in total. The Morgan fingerprint density at radius 2 is 1.93 bits per heavy atom. The van der Waals surface area contributed by atoms with E-state index in [1.807, 2.05) is 13.8 Å². The van der Waals surface area contributed by atoms with E-state index in [1.165, 1.54) is 6.07 Å². The molecule has 0 fully saturated rings. The topological polar surface area (TPSA) is 12.0 Å². The maximum atomic E-state index is 13.3. The predicted octanol–water partition coefficient (Wildman–Crippen LogP) is 3.24. The first-order valence-electron chi connectivity index (χ1n) is 5.14. The van der Waals surface area contributed by atoms with Crippen LogP contribution in [0.25, 0.3) is 0 Å². The van der Waals surface area contributed by atoms with Crippen LogP contribution in [0.5, 0.6) is 0 Å². The molecule has 0 aromatic heterocycles. The van der Waals surface area contributed by atoms with Crippen LogP contribution in [0, 0.1) is 11.6 Å². The predicted molar refractivity (Wildman–Crippen MR) is 57.6 cm³/mol. The lowest BCUT2D eigenvalue weighted by Crippen LogP contribution is -2.38. The van der Waals surface area contributed by atoms with Gasteiger partial charge in [0.15, 0.2) is 11.6 Å². The summed E-state index contributed by atoms with van der Waals surface area (Å²) in [5.41, 5.74) is 0.315. The highest BCUT2D eigenvalue weighted by atomic mass is 19.2. The van der Waals surface area contributed by atoms with Gasteiger partial charge in [-0.3, -0.25) is 0 Å². The zero-order chi connectivity index (χ0) is 11.5. The number of halogens is 2. The Hall–Kier alpha value is -0.960. The van der Waals surface area contributed by atoms with Gasteiger partial charge in [-0.1, -0.05) is 19.1 Å². The standard InChI is InChI=1S/C12H17F2N/c1-4-12(2,3)15-8-9-6-5-7-10(13)11(9)14/h5-7,15H,4,8H2,1-3H3. The fraction of sp³-hybridized carbons (Fsp3) is 0.500. The monoisotopic (exact) mass is 213 g/mol. The van der Waals surface area contributed by atoms with Crippen molar-refractivity contribution < 1.29 is 8.78 Å². The van der Waals surface area contributed by atoms with Crippen molar-refractivity contribution in [1.82, 2.24) is 5.32 Å². The lowest BCUT2D eigenvalue weighted by Gasteiger charge is -2.24. The molecular formula is C12H17F2N. The van der Waals surface area contributed by atoms with Gasteiger partial charge in [0.1, 0.15) is 0 Å². The molecule has 0 aliphatic heterocycles. The van der Waals surface area contributed by atoms with Gasteiger partial charge in [-0.2, -0.15) is 0 Å². The van der Waals surface area contributed by atoms with Crippen LogP contribution in [0.2, 0.25) is 0 Å².